The van der Waals surface area contributed by atoms with Gasteiger partial charge in [0.1, 0.15) is 5.75 Å². The zero-order valence-corrected chi connectivity index (χ0v) is 12.8. The lowest BCUT2D eigenvalue weighted by Gasteiger charge is -2.32. The average Bonchev–Trinajstić information content (AvgIpc) is 2.49. The molecule has 0 radical (unpaired) electrons. The Morgan fingerprint density at radius 3 is 1.60 bits per heavy atom. The minimum Gasteiger partial charge on any atom is -0.416 e. The Balaban J connectivity index is 2.81. The second-order valence-corrected chi connectivity index (χ2v) is 4.46. The first kappa shape index (κ1) is 17.0. The van der Waals surface area contributed by atoms with Gasteiger partial charge < -0.3 is 4.74 Å². The first-order chi connectivity index (χ1) is 9.76. The van der Waals surface area contributed by atoms with Crippen molar-refractivity contribution in [1.29, 1.82) is 0 Å². The Morgan fingerprint density at radius 2 is 1.20 bits per heavy atom. The van der Waals surface area contributed by atoms with Crippen molar-refractivity contribution in [3.63, 3.8) is 0 Å². The zero-order chi connectivity index (χ0) is 14.7. The Morgan fingerprint density at radius 1 is 0.750 bits per heavy atom. The third kappa shape index (κ3) is 5.90. The summed E-state index contributed by atoms with van der Waals surface area (Å²) in [7, 11) is 0. The van der Waals surface area contributed by atoms with Crippen molar-refractivity contribution >= 4 is 0 Å². The van der Waals surface area contributed by atoms with E-state index >= 15 is 0 Å². The molecule has 0 atom stereocenters. The van der Waals surface area contributed by atoms with Crippen LogP contribution in [0.4, 0.5) is 0 Å². The Labute approximate surface area is 122 Å². The number of rotatable bonds is 11. The van der Waals surface area contributed by atoms with Crippen LogP contribution in [0.3, 0.4) is 0 Å². The Bertz CT molecular complexity index is 318. The van der Waals surface area contributed by atoms with Gasteiger partial charge in [-0.2, -0.15) is 0 Å². The van der Waals surface area contributed by atoms with Gasteiger partial charge in [0.05, 0.1) is 19.8 Å². The van der Waals surface area contributed by atoms with E-state index in [1.807, 2.05) is 51.1 Å². The molecule has 0 heterocycles. The summed E-state index contributed by atoms with van der Waals surface area (Å²) in [5.41, 5.74) is 0. The van der Waals surface area contributed by atoms with E-state index in [1.165, 1.54) is 0 Å². The molecule has 1 aromatic carbocycles. The summed E-state index contributed by atoms with van der Waals surface area (Å²) in [6, 6.07) is 9.45. The maximum atomic E-state index is 5.84. The van der Waals surface area contributed by atoms with Crippen LogP contribution in [0.25, 0.3) is 0 Å². The van der Waals surface area contributed by atoms with E-state index < -0.39 is 6.16 Å². The van der Waals surface area contributed by atoms with Crippen LogP contribution >= 0.6 is 0 Å². The molecule has 4 heteroatoms. The quantitative estimate of drug-likeness (QED) is 0.576. The van der Waals surface area contributed by atoms with E-state index in [0.29, 0.717) is 25.6 Å². The molecule has 0 amide bonds. The smallest absolute Gasteiger partial charge is 0.416 e. The van der Waals surface area contributed by atoms with Gasteiger partial charge in [0.25, 0.3) is 0 Å². The van der Waals surface area contributed by atoms with Crippen molar-refractivity contribution in [2.45, 2.75) is 46.2 Å². The highest BCUT2D eigenvalue weighted by Crippen LogP contribution is 2.23. The van der Waals surface area contributed by atoms with Crippen LogP contribution in [-0.4, -0.2) is 26.0 Å². The number of hydrogen-bond donors (Lipinski definition) is 0. The van der Waals surface area contributed by atoms with E-state index in [2.05, 4.69) is 0 Å². The van der Waals surface area contributed by atoms with E-state index in [4.69, 9.17) is 18.9 Å². The Kier molecular flexibility index (Phi) is 8.26. The van der Waals surface area contributed by atoms with Gasteiger partial charge in [-0.15, -0.1) is 0 Å². The van der Waals surface area contributed by atoms with Crippen molar-refractivity contribution in [2.75, 3.05) is 19.8 Å². The molecule has 0 aliphatic heterocycles. The lowest BCUT2D eigenvalue weighted by Crippen LogP contribution is -2.46. The maximum Gasteiger partial charge on any atom is 0.460 e. The summed E-state index contributed by atoms with van der Waals surface area (Å²) in [5, 5.41) is 0. The van der Waals surface area contributed by atoms with Gasteiger partial charge in [0.2, 0.25) is 0 Å². The largest absolute Gasteiger partial charge is 0.460 e. The van der Waals surface area contributed by atoms with Crippen molar-refractivity contribution < 1.29 is 18.9 Å². The molecule has 0 unspecified atom stereocenters. The first-order valence-corrected chi connectivity index (χ1v) is 7.42. The van der Waals surface area contributed by atoms with Crippen LogP contribution in [0.5, 0.6) is 5.75 Å². The van der Waals surface area contributed by atoms with Crippen LogP contribution in [-0.2, 0) is 14.2 Å². The third-order valence-corrected chi connectivity index (χ3v) is 2.43. The molecule has 20 heavy (non-hydrogen) atoms. The predicted molar refractivity (Wildman–Crippen MR) is 78.5 cm³/mol. The normalized spacial score (nSPS) is 11.6. The van der Waals surface area contributed by atoms with Crippen molar-refractivity contribution in [1.82, 2.24) is 0 Å². The molecule has 0 saturated carbocycles. The average molecular weight is 282 g/mol. The predicted octanol–water partition coefficient (Wildman–Crippen LogP) is 3.96. The summed E-state index contributed by atoms with van der Waals surface area (Å²) in [6.07, 6.45) is 1.16. The molecule has 114 valence electrons. The van der Waals surface area contributed by atoms with Gasteiger partial charge in [-0.3, -0.25) is 14.2 Å². The van der Waals surface area contributed by atoms with Crippen molar-refractivity contribution in [2.24, 2.45) is 0 Å². The molecular weight excluding hydrogens is 256 g/mol. The molecular formula is C16H26O4. The lowest BCUT2D eigenvalue weighted by atomic mass is 10.3. The van der Waals surface area contributed by atoms with Crippen molar-refractivity contribution in [3.8, 4) is 5.75 Å². The summed E-state index contributed by atoms with van der Waals surface area (Å²) in [5.74, 6) is 0.663. The molecule has 1 aromatic rings. The third-order valence-electron chi connectivity index (χ3n) is 2.43. The number of hydrogen-bond acceptors (Lipinski definition) is 4. The summed E-state index contributed by atoms with van der Waals surface area (Å²) >= 11 is 0. The van der Waals surface area contributed by atoms with E-state index in [-0.39, 0.29) is 0 Å². The van der Waals surface area contributed by atoms with Gasteiger partial charge in [-0.05, 0) is 31.4 Å². The molecule has 0 aliphatic rings. The second kappa shape index (κ2) is 9.75. The van der Waals surface area contributed by atoms with Crippen molar-refractivity contribution in [3.05, 3.63) is 30.3 Å². The van der Waals surface area contributed by atoms with E-state index in [9.17, 15) is 0 Å². The number of benzene rings is 1. The first-order valence-electron chi connectivity index (χ1n) is 7.42. The fourth-order valence-corrected chi connectivity index (χ4v) is 1.53. The zero-order valence-electron chi connectivity index (χ0n) is 12.8. The molecule has 0 N–H and O–H groups in total. The number of para-hydroxylation sites is 1. The minimum absolute atomic E-state index is 0.514. The lowest BCUT2D eigenvalue weighted by molar-refractivity contribution is -0.470. The van der Waals surface area contributed by atoms with Crippen LogP contribution in [0.15, 0.2) is 30.3 Å². The monoisotopic (exact) mass is 282 g/mol. The van der Waals surface area contributed by atoms with Crippen LogP contribution in [0, 0.1) is 0 Å². The topological polar surface area (TPSA) is 36.9 Å². The molecule has 4 nitrogen and oxygen atoms in total. The molecule has 0 saturated heterocycles. The SMILES string of the molecule is CCCOC(OCCC)(OCCC)Oc1ccccc1. The maximum absolute atomic E-state index is 5.84. The fourth-order valence-electron chi connectivity index (χ4n) is 1.53. The highest BCUT2D eigenvalue weighted by molar-refractivity contribution is 5.21. The van der Waals surface area contributed by atoms with Gasteiger partial charge in [0, 0.05) is 0 Å². The fraction of sp³-hybridized carbons (Fsp3) is 0.625. The highest BCUT2D eigenvalue weighted by Gasteiger charge is 2.37. The van der Waals surface area contributed by atoms with Gasteiger partial charge in [-0.1, -0.05) is 39.0 Å². The van der Waals surface area contributed by atoms with Gasteiger partial charge in [-0.25, -0.2) is 0 Å². The summed E-state index contributed by atoms with van der Waals surface area (Å²) in [4.78, 5) is 0. The minimum atomic E-state index is -1.44. The standard InChI is InChI=1S/C16H26O4/c1-4-12-17-16(18-13-5-2,19-14-6-3)20-15-10-8-7-9-11-15/h7-11H,4-6,12-14H2,1-3H3. The number of ether oxygens (including phenoxy) is 4. The molecule has 0 bridgehead atoms. The molecule has 1 rings (SSSR count). The highest BCUT2D eigenvalue weighted by atomic mass is 17.0. The molecule has 0 aromatic heterocycles. The van der Waals surface area contributed by atoms with Crippen LogP contribution in [0.1, 0.15) is 40.0 Å². The summed E-state index contributed by atoms with van der Waals surface area (Å²) < 4.78 is 23.0. The van der Waals surface area contributed by atoms with E-state index in [1.54, 1.807) is 0 Å². The van der Waals surface area contributed by atoms with Crippen LogP contribution < -0.4 is 4.74 Å². The molecule has 0 aliphatic carbocycles. The Hall–Kier alpha value is -1.10. The van der Waals surface area contributed by atoms with E-state index in [0.717, 1.165) is 19.3 Å². The van der Waals surface area contributed by atoms with Gasteiger partial charge >= 0.3 is 6.16 Å². The van der Waals surface area contributed by atoms with Crippen LogP contribution in [0.2, 0.25) is 0 Å². The van der Waals surface area contributed by atoms with Gasteiger partial charge in [0.15, 0.2) is 0 Å². The molecule has 0 fully saturated rings. The molecule has 0 spiro atoms. The second-order valence-electron chi connectivity index (χ2n) is 4.46. The summed E-state index contributed by atoms with van der Waals surface area (Å²) in [6.45, 7) is 7.65.